The molecule has 0 radical (unpaired) electrons. The minimum absolute atomic E-state index is 0.190. The van der Waals surface area contributed by atoms with Crippen LogP contribution in [0.1, 0.15) is 71.4 Å². The maximum atomic E-state index is 12.9. The quantitative estimate of drug-likeness (QED) is 0.250. The summed E-state index contributed by atoms with van der Waals surface area (Å²) in [5.74, 6) is -0.385. The van der Waals surface area contributed by atoms with Crippen molar-refractivity contribution >= 4 is 14.5 Å². The van der Waals surface area contributed by atoms with Gasteiger partial charge in [0.05, 0.1) is 17.6 Å². The number of fused-ring (bicyclic) bond motifs is 1. The van der Waals surface area contributed by atoms with Gasteiger partial charge in [-0.15, -0.1) is 0 Å². The van der Waals surface area contributed by atoms with Crippen LogP contribution in [0.15, 0.2) is 47.4 Å². The summed E-state index contributed by atoms with van der Waals surface area (Å²) in [6.45, 7) is 11.8. The van der Waals surface area contributed by atoms with Crippen LogP contribution in [0.5, 0.6) is 0 Å². The maximum absolute atomic E-state index is 12.9. The number of carbonyl (C=O) groups excluding carboxylic acids is 1. The van der Waals surface area contributed by atoms with Crippen molar-refractivity contribution in [2.75, 3.05) is 13.3 Å². The molecule has 1 unspecified atom stereocenters. The van der Waals surface area contributed by atoms with Gasteiger partial charge < -0.3 is 23.3 Å². The van der Waals surface area contributed by atoms with Gasteiger partial charge in [0.1, 0.15) is 17.8 Å². The van der Waals surface area contributed by atoms with Crippen LogP contribution in [0.3, 0.4) is 0 Å². The zero-order valence-electron chi connectivity index (χ0n) is 24.1. The summed E-state index contributed by atoms with van der Waals surface area (Å²) in [4.78, 5) is 29.4. The van der Waals surface area contributed by atoms with Gasteiger partial charge in [0.2, 0.25) is 0 Å². The number of aromatic nitrogens is 2. The highest BCUT2D eigenvalue weighted by Gasteiger charge is 2.57. The molecule has 3 saturated heterocycles. The van der Waals surface area contributed by atoms with E-state index in [0.29, 0.717) is 12.1 Å². The third kappa shape index (κ3) is 5.62. The molecule has 40 heavy (non-hydrogen) atoms. The molecular weight excluding hydrogens is 533 g/mol. The number of ether oxygens (including phenoxy) is 3. The molecule has 0 aliphatic carbocycles. The Labute approximate surface area is 236 Å². The fourth-order valence-electron chi connectivity index (χ4n) is 5.62. The van der Waals surface area contributed by atoms with Crippen LogP contribution in [-0.2, 0) is 33.7 Å². The summed E-state index contributed by atoms with van der Waals surface area (Å²) >= 11 is 0. The average Bonchev–Trinajstić information content (AvgIpc) is 3.60. The second-order valence-corrected chi connectivity index (χ2v) is 13.2. The van der Waals surface area contributed by atoms with Gasteiger partial charge in [0, 0.05) is 18.4 Å². The van der Waals surface area contributed by atoms with Gasteiger partial charge in [0.15, 0.2) is 13.0 Å². The van der Waals surface area contributed by atoms with Crippen molar-refractivity contribution in [1.82, 2.24) is 14.2 Å². The lowest BCUT2D eigenvalue weighted by Crippen LogP contribution is -2.40. The Hall–Kier alpha value is -2.20. The Morgan fingerprint density at radius 3 is 2.62 bits per heavy atom. The van der Waals surface area contributed by atoms with Crippen LogP contribution >= 0.6 is 8.53 Å². The first kappa shape index (κ1) is 29.3. The summed E-state index contributed by atoms with van der Waals surface area (Å²) < 4.78 is 35.3. The van der Waals surface area contributed by atoms with Crippen molar-refractivity contribution < 1.29 is 28.1 Å². The van der Waals surface area contributed by atoms with Crippen LogP contribution < -0.4 is 5.69 Å². The molecule has 1 aromatic heterocycles. The molecule has 0 spiro atoms. The lowest BCUT2D eigenvalue weighted by Gasteiger charge is -2.30. The molecule has 0 saturated carbocycles. The molecule has 11 heteroatoms. The molecule has 3 aliphatic heterocycles. The Kier molecular flexibility index (Phi) is 8.49. The van der Waals surface area contributed by atoms with E-state index in [0.717, 1.165) is 24.9 Å². The third-order valence-corrected chi connectivity index (χ3v) is 9.75. The molecule has 3 fully saturated rings. The minimum Gasteiger partial charge on any atom is -0.438 e. The Balaban J connectivity index is 1.42. The molecule has 10 nitrogen and oxygen atoms in total. The van der Waals surface area contributed by atoms with Gasteiger partial charge >= 0.3 is 11.7 Å². The van der Waals surface area contributed by atoms with Gasteiger partial charge in [0.25, 0.3) is 8.53 Å². The predicted octanol–water partition coefficient (Wildman–Crippen LogP) is 4.81. The standard InChI is InChI=1S/C29H40N3O7P/c1-7-21-23(38-40-32-16-11-14-22(32)29(6,39-40)20-12-9-8-10-13-20)24(35-18-36-26(33)28(3,4)5)25(37-21)31-17-15-19(2)30-27(31)34/h8-10,12-13,15,17,21-25H,7,11,14,16,18H2,1-6H3/t21-,22+,23?,24+,25-,29-,40+/m1/s1. The number of esters is 1. The first-order chi connectivity index (χ1) is 19.0. The zero-order chi connectivity index (χ0) is 28.7. The molecule has 0 N–H and O–H groups in total. The second kappa shape index (κ2) is 11.6. The second-order valence-electron chi connectivity index (χ2n) is 11.9. The lowest BCUT2D eigenvalue weighted by atomic mass is 9.87. The highest BCUT2D eigenvalue weighted by atomic mass is 31.2. The summed E-state index contributed by atoms with van der Waals surface area (Å²) in [6.07, 6.45) is 1.86. The summed E-state index contributed by atoms with van der Waals surface area (Å²) in [7, 11) is -1.45. The first-order valence-electron chi connectivity index (χ1n) is 14.0. The van der Waals surface area contributed by atoms with E-state index >= 15 is 0 Å². The van der Waals surface area contributed by atoms with E-state index in [2.05, 4.69) is 28.7 Å². The average molecular weight is 574 g/mol. The number of rotatable bonds is 8. The monoisotopic (exact) mass is 573 g/mol. The normalized spacial score (nSPS) is 32.4. The minimum atomic E-state index is -1.45. The Bertz CT molecular complexity index is 1250. The summed E-state index contributed by atoms with van der Waals surface area (Å²) in [5.41, 5.74) is 0.0914. The van der Waals surface area contributed by atoms with Crippen molar-refractivity contribution in [2.24, 2.45) is 5.41 Å². The Morgan fingerprint density at radius 1 is 1.20 bits per heavy atom. The van der Waals surface area contributed by atoms with Gasteiger partial charge in [-0.3, -0.25) is 9.36 Å². The van der Waals surface area contributed by atoms with Crippen LogP contribution in [0, 0.1) is 12.3 Å². The van der Waals surface area contributed by atoms with Crippen molar-refractivity contribution in [2.45, 2.75) is 97.0 Å². The molecule has 5 rings (SSSR count). The number of benzene rings is 1. The number of nitrogens with zero attached hydrogens (tertiary/aromatic N) is 3. The van der Waals surface area contributed by atoms with E-state index in [1.54, 1.807) is 40.0 Å². The number of aryl methyl sites for hydroxylation is 1. The smallest absolute Gasteiger partial charge is 0.349 e. The summed E-state index contributed by atoms with van der Waals surface area (Å²) in [5, 5.41) is 0. The van der Waals surface area contributed by atoms with E-state index in [9.17, 15) is 9.59 Å². The van der Waals surface area contributed by atoms with Crippen molar-refractivity contribution in [3.63, 3.8) is 0 Å². The highest BCUT2D eigenvalue weighted by molar-refractivity contribution is 7.45. The topological polar surface area (TPSA) is 101 Å². The SMILES string of the molecule is CC[C@H]1O[C@@H](n2ccc(C)nc2=O)[C@@H](OCOC(=O)C(C)(C)C)C1O[P@@]1O[C@](C)(c2ccccc2)[C@@H]2CCCN21. The molecular formula is C29H40N3O7P. The molecule has 3 aliphatic rings. The number of hydrogen-bond acceptors (Lipinski definition) is 9. The van der Waals surface area contributed by atoms with Gasteiger partial charge in [-0.25, -0.2) is 9.46 Å². The van der Waals surface area contributed by atoms with Crippen molar-refractivity contribution in [3.05, 3.63) is 64.3 Å². The molecule has 2 aromatic rings. The lowest BCUT2D eigenvalue weighted by molar-refractivity contribution is -0.178. The van der Waals surface area contributed by atoms with E-state index in [1.165, 1.54) is 4.57 Å². The predicted molar refractivity (Wildman–Crippen MR) is 149 cm³/mol. The maximum Gasteiger partial charge on any atom is 0.349 e. The third-order valence-electron chi connectivity index (χ3n) is 7.89. The number of carbonyl (C=O) groups is 1. The summed E-state index contributed by atoms with van der Waals surface area (Å²) in [6, 6.07) is 12.2. The Morgan fingerprint density at radius 2 is 1.95 bits per heavy atom. The molecule has 0 amide bonds. The van der Waals surface area contributed by atoms with E-state index < -0.39 is 43.7 Å². The van der Waals surface area contributed by atoms with Gasteiger partial charge in [-0.1, -0.05) is 37.3 Å². The fourth-order valence-corrected chi connectivity index (χ4v) is 7.77. The van der Waals surface area contributed by atoms with Crippen LogP contribution in [0.2, 0.25) is 0 Å². The molecule has 0 bridgehead atoms. The van der Waals surface area contributed by atoms with E-state index in [1.807, 2.05) is 25.1 Å². The fraction of sp³-hybridized carbons (Fsp3) is 0.621. The zero-order valence-corrected chi connectivity index (χ0v) is 25.0. The van der Waals surface area contributed by atoms with Gasteiger partial charge in [-0.05, 0) is 65.5 Å². The van der Waals surface area contributed by atoms with E-state index in [-0.39, 0.29) is 24.9 Å². The van der Waals surface area contributed by atoms with Crippen molar-refractivity contribution in [1.29, 1.82) is 0 Å². The first-order valence-corrected chi connectivity index (χ1v) is 15.1. The molecule has 7 atom stereocenters. The molecule has 218 valence electrons. The van der Waals surface area contributed by atoms with Crippen LogP contribution in [0.4, 0.5) is 0 Å². The largest absolute Gasteiger partial charge is 0.438 e. The number of hydrogen-bond donors (Lipinski definition) is 0. The highest BCUT2D eigenvalue weighted by Crippen LogP contribution is 2.64. The molecule has 1 aromatic carbocycles. The van der Waals surface area contributed by atoms with Crippen LogP contribution in [-0.4, -0.2) is 57.9 Å². The molecule has 4 heterocycles. The van der Waals surface area contributed by atoms with Crippen LogP contribution in [0.25, 0.3) is 0 Å². The van der Waals surface area contributed by atoms with Gasteiger partial charge in [-0.2, -0.15) is 4.98 Å². The van der Waals surface area contributed by atoms with Crippen molar-refractivity contribution in [3.8, 4) is 0 Å². The van der Waals surface area contributed by atoms with E-state index in [4.69, 9.17) is 23.3 Å².